The van der Waals surface area contributed by atoms with Crippen LogP contribution in [0.3, 0.4) is 0 Å². The Labute approximate surface area is 64.2 Å². The van der Waals surface area contributed by atoms with Gasteiger partial charge in [-0.1, -0.05) is 28.1 Å². The number of hydrogen-bond donors (Lipinski definition) is 1. The molecule has 0 saturated carbocycles. The Balaban J connectivity index is 4.00. The highest BCUT2D eigenvalue weighted by Crippen LogP contribution is 2.15. The molecular formula is C6H9BrS. The van der Waals surface area contributed by atoms with Gasteiger partial charge in [0.2, 0.25) is 0 Å². The Morgan fingerprint density at radius 3 is 2.25 bits per heavy atom. The van der Waals surface area contributed by atoms with Crippen LogP contribution in [0.1, 0.15) is 13.8 Å². The first-order chi connectivity index (χ1) is 3.68. The molecule has 0 aromatic heterocycles. The maximum Gasteiger partial charge on any atom is 0.0261 e. The molecule has 0 bridgehead atoms. The molecule has 0 heterocycles. The lowest BCUT2D eigenvalue weighted by Gasteiger charge is -1.88. The number of halogens is 1. The summed E-state index contributed by atoms with van der Waals surface area (Å²) in [5.74, 6) is 0. The molecule has 0 amide bonds. The predicted molar refractivity (Wildman–Crippen MR) is 45.4 cm³/mol. The smallest absolute Gasteiger partial charge is 0.0261 e. The van der Waals surface area contributed by atoms with Gasteiger partial charge in [-0.05, 0) is 18.8 Å². The van der Waals surface area contributed by atoms with E-state index in [0.717, 1.165) is 9.39 Å². The average Bonchev–Trinajstić information content (AvgIpc) is 1.67. The van der Waals surface area contributed by atoms with Crippen LogP contribution in [0, 0.1) is 0 Å². The fourth-order valence-electron chi connectivity index (χ4n) is 0.267. The van der Waals surface area contributed by atoms with E-state index < -0.39 is 0 Å². The zero-order chi connectivity index (χ0) is 6.57. The van der Waals surface area contributed by atoms with Gasteiger partial charge in [-0.3, -0.25) is 0 Å². The highest BCUT2D eigenvalue weighted by Gasteiger charge is 1.84. The fraction of sp³-hybridized carbons (Fsp3) is 0.333. The molecule has 2 heteroatoms. The highest BCUT2D eigenvalue weighted by atomic mass is 79.9. The molecule has 0 nitrogen and oxygen atoms in total. The second kappa shape index (κ2) is 4.21. The van der Waals surface area contributed by atoms with Gasteiger partial charge < -0.3 is 0 Å². The van der Waals surface area contributed by atoms with Crippen molar-refractivity contribution in [2.75, 3.05) is 0 Å². The third-order valence-electron chi connectivity index (χ3n) is 0.659. The Bertz CT molecular complexity index is 120. The van der Waals surface area contributed by atoms with Crippen molar-refractivity contribution >= 4 is 28.6 Å². The van der Waals surface area contributed by atoms with Crippen molar-refractivity contribution in [2.45, 2.75) is 13.8 Å². The van der Waals surface area contributed by atoms with Crippen molar-refractivity contribution in [3.63, 3.8) is 0 Å². The van der Waals surface area contributed by atoms with Gasteiger partial charge >= 0.3 is 0 Å². The third kappa shape index (κ3) is 3.33. The van der Waals surface area contributed by atoms with Gasteiger partial charge in [-0.25, -0.2) is 0 Å². The zero-order valence-corrected chi connectivity index (χ0v) is 7.46. The van der Waals surface area contributed by atoms with E-state index in [1.165, 1.54) is 0 Å². The Hall–Kier alpha value is 0.310. The van der Waals surface area contributed by atoms with Crippen LogP contribution >= 0.6 is 28.6 Å². The minimum atomic E-state index is 1.00. The van der Waals surface area contributed by atoms with Gasteiger partial charge in [0.15, 0.2) is 0 Å². The van der Waals surface area contributed by atoms with E-state index in [9.17, 15) is 0 Å². The third-order valence-corrected chi connectivity index (χ3v) is 2.07. The van der Waals surface area contributed by atoms with Crippen molar-refractivity contribution < 1.29 is 0 Å². The van der Waals surface area contributed by atoms with E-state index in [0.29, 0.717) is 0 Å². The molecule has 0 atom stereocenters. The van der Waals surface area contributed by atoms with Gasteiger partial charge in [0.25, 0.3) is 0 Å². The molecule has 0 radical (unpaired) electrons. The largest absolute Gasteiger partial charge is 0.147 e. The van der Waals surface area contributed by atoms with Crippen LogP contribution in [0.15, 0.2) is 21.5 Å². The normalized spacial score (nSPS) is 14.5. The summed E-state index contributed by atoms with van der Waals surface area (Å²) in [5.41, 5.74) is 0. The van der Waals surface area contributed by atoms with Gasteiger partial charge in [0.05, 0.1) is 0 Å². The monoisotopic (exact) mass is 192 g/mol. The van der Waals surface area contributed by atoms with Gasteiger partial charge in [0.1, 0.15) is 0 Å². The van der Waals surface area contributed by atoms with Gasteiger partial charge in [-0.2, -0.15) is 0 Å². The summed E-state index contributed by atoms with van der Waals surface area (Å²) >= 11 is 7.43. The number of thiol groups is 1. The molecule has 8 heavy (non-hydrogen) atoms. The van der Waals surface area contributed by atoms with E-state index in [2.05, 4.69) is 28.6 Å². The molecule has 0 rings (SSSR count). The number of rotatable bonds is 1. The quantitative estimate of drug-likeness (QED) is 0.480. The van der Waals surface area contributed by atoms with Crippen LogP contribution in [-0.2, 0) is 0 Å². The first kappa shape index (κ1) is 8.31. The molecule has 0 spiro atoms. The molecule has 46 valence electrons. The van der Waals surface area contributed by atoms with E-state index in [-0.39, 0.29) is 0 Å². The summed E-state index contributed by atoms with van der Waals surface area (Å²) in [7, 11) is 0. The molecule has 0 aromatic rings. The summed E-state index contributed by atoms with van der Waals surface area (Å²) in [6.07, 6.45) is 3.92. The van der Waals surface area contributed by atoms with Crippen molar-refractivity contribution in [2.24, 2.45) is 0 Å². The second-order valence-electron chi connectivity index (χ2n) is 1.43. The van der Waals surface area contributed by atoms with Gasteiger partial charge in [-0.15, -0.1) is 12.6 Å². The van der Waals surface area contributed by atoms with Crippen LogP contribution in [0.5, 0.6) is 0 Å². The summed E-state index contributed by atoms with van der Waals surface area (Å²) in [6, 6.07) is 0. The van der Waals surface area contributed by atoms with Crippen molar-refractivity contribution in [3.05, 3.63) is 21.5 Å². The van der Waals surface area contributed by atoms with Crippen molar-refractivity contribution in [3.8, 4) is 0 Å². The van der Waals surface area contributed by atoms with Crippen molar-refractivity contribution in [1.82, 2.24) is 0 Å². The van der Waals surface area contributed by atoms with E-state index >= 15 is 0 Å². The van der Waals surface area contributed by atoms with Crippen LogP contribution in [-0.4, -0.2) is 0 Å². The average molecular weight is 193 g/mol. The lowest BCUT2D eigenvalue weighted by Crippen LogP contribution is -1.62. The fourth-order valence-corrected chi connectivity index (χ4v) is 0.606. The summed E-state index contributed by atoms with van der Waals surface area (Å²) in [4.78, 5) is 1.00. The first-order valence-corrected chi connectivity index (χ1v) is 3.60. The molecule has 0 aromatic carbocycles. The Kier molecular flexibility index (Phi) is 4.38. The molecular weight excluding hydrogens is 184 g/mol. The number of hydrogen-bond acceptors (Lipinski definition) is 1. The van der Waals surface area contributed by atoms with Crippen molar-refractivity contribution in [1.29, 1.82) is 0 Å². The lowest BCUT2D eigenvalue weighted by atomic mass is 10.4. The zero-order valence-electron chi connectivity index (χ0n) is 4.98. The Morgan fingerprint density at radius 2 is 2.12 bits per heavy atom. The van der Waals surface area contributed by atoms with Gasteiger partial charge in [0, 0.05) is 4.48 Å². The molecule has 0 aliphatic carbocycles. The molecule has 0 unspecified atom stereocenters. The maximum absolute atomic E-state index is 4.11. The molecule has 0 aliphatic rings. The Morgan fingerprint density at radius 1 is 1.62 bits per heavy atom. The molecule has 0 fully saturated rings. The summed E-state index contributed by atoms with van der Waals surface area (Å²) in [5, 5.41) is 0. The SMILES string of the molecule is C/C=C\C(Br)=C(\C)S. The topological polar surface area (TPSA) is 0 Å². The van der Waals surface area contributed by atoms with Crippen LogP contribution in [0.2, 0.25) is 0 Å². The standard InChI is InChI=1S/C6H9BrS/c1-3-4-6(7)5(2)8/h3-4,8H,1-2H3/b4-3-,6-5+. The summed E-state index contributed by atoms with van der Waals surface area (Å²) < 4.78 is 1.04. The van der Waals surface area contributed by atoms with Crippen LogP contribution in [0.4, 0.5) is 0 Å². The summed E-state index contributed by atoms with van der Waals surface area (Å²) in [6.45, 7) is 3.91. The lowest BCUT2D eigenvalue weighted by molar-refractivity contribution is 1.64. The minimum absolute atomic E-state index is 1.00. The second-order valence-corrected chi connectivity index (χ2v) is 2.96. The van der Waals surface area contributed by atoms with Crippen LogP contribution in [0.25, 0.3) is 0 Å². The van der Waals surface area contributed by atoms with E-state index in [4.69, 9.17) is 0 Å². The minimum Gasteiger partial charge on any atom is -0.147 e. The first-order valence-electron chi connectivity index (χ1n) is 2.36. The van der Waals surface area contributed by atoms with E-state index in [1.807, 2.05) is 26.0 Å². The molecule has 0 N–H and O–H groups in total. The van der Waals surface area contributed by atoms with Crippen LogP contribution < -0.4 is 0 Å². The molecule has 0 saturated heterocycles. The van der Waals surface area contributed by atoms with E-state index in [1.54, 1.807) is 0 Å². The number of allylic oxidation sites excluding steroid dienone is 4. The molecule has 0 aliphatic heterocycles. The maximum atomic E-state index is 4.11. The highest BCUT2D eigenvalue weighted by molar-refractivity contribution is 9.12. The predicted octanol–water partition coefficient (Wildman–Crippen LogP) is 3.12.